The van der Waals surface area contributed by atoms with E-state index in [-0.39, 0.29) is 29.6 Å². The van der Waals surface area contributed by atoms with Gasteiger partial charge in [0.1, 0.15) is 0 Å². The minimum atomic E-state index is -4.51. The van der Waals surface area contributed by atoms with Gasteiger partial charge in [-0.1, -0.05) is 6.07 Å². The molecule has 1 saturated heterocycles. The van der Waals surface area contributed by atoms with E-state index in [2.05, 4.69) is 10.5 Å². The molecule has 0 saturated carbocycles. The first-order valence-electron chi connectivity index (χ1n) is 8.15. The number of nitrogens with one attached hydrogen (secondary N) is 1. The Bertz CT molecular complexity index is 824. The summed E-state index contributed by atoms with van der Waals surface area (Å²) < 4.78 is 66.7. The molecule has 0 bridgehead atoms. The van der Waals surface area contributed by atoms with Crippen molar-refractivity contribution in [2.45, 2.75) is 25.6 Å². The smallest absolute Gasteiger partial charge is 0.416 e. The van der Waals surface area contributed by atoms with Gasteiger partial charge in [-0.05, 0) is 31.5 Å². The van der Waals surface area contributed by atoms with Crippen molar-refractivity contribution in [1.82, 2.24) is 4.90 Å². The highest BCUT2D eigenvalue weighted by atomic mass is 32.2. The molecule has 7 nitrogen and oxygen atoms in total. The summed E-state index contributed by atoms with van der Waals surface area (Å²) in [5.74, 6) is -1.15. The number of carbonyl (C=O) groups excluding carboxylic acids is 1. The van der Waals surface area contributed by atoms with E-state index in [1.807, 2.05) is 0 Å². The number of esters is 1. The number of sulfone groups is 1. The second kappa shape index (κ2) is 8.15. The van der Waals surface area contributed by atoms with E-state index in [0.29, 0.717) is 6.42 Å². The Hall–Kier alpha value is -2.30. The van der Waals surface area contributed by atoms with Gasteiger partial charge in [-0.15, -0.1) is 5.10 Å². The minimum absolute atomic E-state index is 0.000825. The fraction of sp³-hybridized carbons (Fsp3) is 0.500. The van der Waals surface area contributed by atoms with E-state index in [0.717, 1.165) is 12.1 Å². The Morgan fingerprint density at radius 2 is 2.11 bits per heavy atom. The summed E-state index contributed by atoms with van der Waals surface area (Å²) in [5, 5.41) is 3.88. The zero-order valence-electron chi connectivity index (χ0n) is 14.8. The summed E-state index contributed by atoms with van der Waals surface area (Å²) in [7, 11) is -1.70. The second-order valence-electron chi connectivity index (χ2n) is 6.01. The van der Waals surface area contributed by atoms with Gasteiger partial charge in [0.15, 0.2) is 9.84 Å². The number of likely N-dealkylation sites (N-methyl/N-ethyl adjacent to an activating group) is 1. The lowest BCUT2D eigenvalue weighted by Crippen LogP contribution is -2.43. The number of ether oxygens (including phenoxy) is 1. The van der Waals surface area contributed by atoms with Gasteiger partial charge >= 0.3 is 12.1 Å². The van der Waals surface area contributed by atoms with Crippen LogP contribution < -0.4 is 5.43 Å². The first-order valence-corrected chi connectivity index (χ1v) is 9.97. The highest BCUT2D eigenvalue weighted by Crippen LogP contribution is 2.30. The van der Waals surface area contributed by atoms with Crippen molar-refractivity contribution < 1.29 is 31.1 Å². The number of benzene rings is 1. The molecular weight excluding hydrogens is 387 g/mol. The number of hydrogen-bond donors (Lipinski definition) is 1. The number of rotatable bonds is 4. The summed E-state index contributed by atoms with van der Waals surface area (Å²) in [6, 6.07) is 3.86. The molecule has 1 aliphatic rings. The van der Waals surface area contributed by atoms with E-state index in [9.17, 15) is 26.4 Å². The van der Waals surface area contributed by atoms with E-state index < -0.39 is 33.6 Å². The molecule has 1 atom stereocenters. The predicted molar refractivity (Wildman–Crippen MR) is 94.0 cm³/mol. The molecule has 2 rings (SSSR count). The van der Waals surface area contributed by atoms with E-state index in [4.69, 9.17) is 4.74 Å². The molecule has 0 amide bonds. The van der Waals surface area contributed by atoms with E-state index in [1.54, 1.807) is 6.92 Å². The lowest BCUT2D eigenvalue weighted by Gasteiger charge is -2.25. The van der Waals surface area contributed by atoms with Gasteiger partial charge < -0.3 is 9.64 Å². The first kappa shape index (κ1) is 21.0. The molecule has 1 heterocycles. The van der Waals surface area contributed by atoms with Crippen LogP contribution in [0.4, 0.5) is 18.9 Å². The van der Waals surface area contributed by atoms with Crippen LogP contribution in [0.15, 0.2) is 29.4 Å². The molecule has 150 valence electrons. The number of halogens is 3. The Kier molecular flexibility index (Phi) is 6.34. The van der Waals surface area contributed by atoms with Crippen LogP contribution in [0.5, 0.6) is 0 Å². The molecule has 0 spiro atoms. The Morgan fingerprint density at radius 3 is 2.67 bits per heavy atom. The summed E-state index contributed by atoms with van der Waals surface area (Å²) in [4.78, 5) is 13.6. The van der Waals surface area contributed by atoms with Gasteiger partial charge in [0, 0.05) is 13.1 Å². The minimum Gasteiger partial charge on any atom is -0.460 e. The maximum absolute atomic E-state index is 12.8. The Labute approximate surface area is 155 Å². The van der Waals surface area contributed by atoms with Crippen LogP contribution >= 0.6 is 0 Å². The molecular formula is C16H20F3N3O4S. The summed E-state index contributed by atoms with van der Waals surface area (Å²) in [6.45, 7) is 1.66. The van der Waals surface area contributed by atoms with Crippen LogP contribution in [-0.4, -0.2) is 56.3 Å². The maximum atomic E-state index is 12.8. The molecule has 11 heteroatoms. The van der Waals surface area contributed by atoms with E-state index >= 15 is 0 Å². The molecule has 1 aliphatic heterocycles. The third-order valence-electron chi connectivity index (χ3n) is 4.03. The summed E-state index contributed by atoms with van der Waals surface area (Å²) in [5.41, 5.74) is 1.58. The molecule has 0 aromatic heterocycles. The van der Waals surface area contributed by atoms with Crippen LogP contribution in [0.1, 0.15) is 18.9 Å². The molecule has 1 fully saturated rings. The normalized spacial score (nSPS) is 19.6. The van der Waals surface area contributed by atoms with Crippen LogP contribution in [0, 0.1) is 0 Å². The molecule has 0 radical (unpaired) electrons. The molecule has 1 aromatic carbocycles. The fourth-order valence-corrected chi connectivity index (χ4v) is 4.37. The second-order valence-corrected chi connectivity index (χ2v) is 8.24. The van der Waals surface area contributed by atoms with Crippen LogP contribution in [0.3, 0.4) is 0 Å². The molecule has 1 unspecified atom stereocenters. The number of hydrogen-bond acceptors (Lipinski definition) is 6. The topological polar surface area (TPSA) is 88.1 Å². The lowest BCUT2D eigenvalue weighted by atomic mass is 10.2. The molecule has 1 aromatic rings. The average molecular weight is 407 g/mol. The largest absolute Gasteiger partial charge is 0.460 e. The quantitative estimate of drug-likeness (QED) is 0.356. The zero-order valence-corrected chi connectivity index (χ0v) is 15.6. The van der Waals surface area contributed by atoms with Gasteiger partial charge in [0.05, 0.1) is 29.4 Å². The van der Waals surface area contributed by atoms with Gasteiger partial charge in [0.2, 0.25) is 5.84 Å². The zero-order chi connectivity index (χ0) is 20.2. The molecule has 0 aliphatic carbocycles. The Morgan fingerprint density at radius 1 is 1.41 bits per heavy atom. The van der Waals surface area contributed by atoms with Gasteiger partial charge in [-0.3, -0.25) is 5.43 Å². The van der Waals surface area contributed by atoms with Crippen molar-refractivity contribution in [1.29, 1.82) is 0 Å². The summed E-state index contributed by atoms with van der Waals surface area (Å²) in [6.07, 6.45) is -4.19. The third-order valence-corrected chi connectivity index (χ3v) is 5.78. The van der Waals surface area contributed by atoms with Gasteiger partial charge in [0.25, 0.3) is 0 Å². The predicted octanol–water partition coefficient (Wildman–Crippen LogP) is 2.11. The van der Waals surface area contributed by atoms with Crippen molar-refractivity contribution in [2.75, 3.05) is 30.6 Å². The van der Waals surface area contributed by atoms with Gasteiger partial charge in [-0.25, -0.2) is 13.2 Å². The van der Waals surface area contributed by atoms with Crippen molar-refractivity contribution >= 4 is 27.3 Å². The highest BCUT2D eigenvalue weighted by molar-refractivity contribution is 7.91. The number of nitrogens with zero attached hydrogens (tertiary/aromatic N) is 2. The standard InChI is InChI=1S/C16H20F3N3O4S/c1-3-26-15(23)14(22(2)13-7-8-27(24,25)10-13)21-20-12-6-4-5-11(9-12)16(17,18)19/h4-6,9,13,20H,3,7-8,10H2,1-2H3. The maximum Gasteiger partial charge on any atom is 0.416 e. The average Bonchev–Trinajstić information content (AvgIpc) is 2.94. The SMILES string of the molecule is CCOC(=O)C(=NNc1cccc(C(F)(F)F)c1)N(C)C1CCS(=O)(=O)C1. The third kappa shape index (κ3) is 5.59. The van der Waals surface area contributed by atoms with Crippen molar-refractivity contribution in [2.24, 2.45) is 5.10 Å². The van der Waals surface area contributed by atoms with Gasteiger partial charge in [-0.2, -0.15) is 13.2 Å². The van der Waals surface area contributed by atoms with Crippen molar-refractivity contribution in [3.05, 3.63) is 29.8 Å². The summed E-state index contributed by atoms with van der Waals surface area (Å²) >= 11 is 0. The number of hydrazone groups is 1. The van der Waals surface area contributed by atoms with Crippen molar-refractivity contribution in [3.8, 4) is 0 Å². The molecule has 27 heavy (non-hydrogen) atoms. The molecule has 1 N–H and O–H groups in total. The number of alkyl halides is 3. The number of anilines is 1. The van der Waals surface area contributed by atoms with Crippen LogP contribution in [0.25, 0.3) is 0 Å². The van der Waals surface area contributed by atoms with E-state index in [1.165, 1.54) is 24.1 Å². The Balaban J connectivity index is 2.25. The van der Waals surface area contributed by atoms with Crippen LogP contribution in [-0.2, 0) is 25.5 Å². The van der Waals surface area contributed by atoms with Crippen LogP contribution in [0.2, 0.25) is 0 Å². The fourth-order valence-electron chi connectivity index (χ4n) is 2.60. The number of amidine groups is 1. The monoisotopic (exact) mass is 407 g/mol. The number of carbonyl (C=O) groups is 1. The lowest BCUT2D eigenvalue weighted by molar-refractivity contribution is -0.138. The van der Waals surface area contributed by atoms with Crippen molar-refractivity contribution in [3.63, 3.8) is 0 Å². The first-order chi connectivity index (χ1) is 12.5. The highest BCUT2D eigenvalue weighted by Gasteiger charge is 2.34.